The molecule has 1 fully saturated rings. The molecule has 0 bridgehead atoms. The fourth-order valence-electron chi connectivity index (χ4n) is 4.67. The summed E-state index contributed by atoms with van der Waals surface area (Å²) in [5.41, 5.74) is 9.72. The number of rotatable bonds is 6. The van der Waals surface area contributed by atoms with E-state index in [-0.39, 0.29) is 11.8 Å². The van der Waals surface area contributed by atoms with Gasteiger partial charge in [-0.1, -0.05) is 79.9 Å². The van der Waals surface area contributed by atoms with Crippen molar-refractivity contribution in [2.75, 3.05) is 0 Å². The van der Waals surface area contributed by atoms with E-state index in [1.165, 1.54) is 12.0 Å². The van der Waals surface area contributed by atoms with Gasteiger partial charge in [-0.15, -0.1) is 0 Å². The highest BCUT2D eigenvalue weighted by molar-refractivity contribution is 5.82. The third-order valence-corrected chi connectivity index (χ3v) is 6.23. The maximum Gasteiger partial charge on any atom is 0.224 e. The molecule has 0 unspecified atom stereocenters. The van der Waals surface area contributed by atoms with Crippen LogP contribution in [0.15, 0.2) is 66.7 Å². The van der Waals surface area contributed by atoms with Crippen molar-refractivity contribution in [3.63, 3.8) is 0 Å². The lowest BCUT2D eigenvalue weighted by Crippen LogP contribution is -2.44. The first-order chi connectivity index (χ1) is 13.7. The van der Waals surface area contributed by atoms with Gasteiger partial charge in [0, 0.05) is 17.2 Å². The lowest BCUT2D eigenvalue weighted by molar-refractivity contribution is -0.131. The molecule has 3 N–H and O–H groups in total. The molecule has 1 amide bonds. The Kier molecular flexibility index (Phi) is 5.29. The van der Waals surface area contributed by atoms with E-state index in [2.05, 4.69) is 40.5 Å². The van der Waals surface area contributed by atoms with Gasteiger partial charge < -0.3 is 5.73 Å². The van der Waals surface area contributed by atoms with E-state index >= 15 is 0 Å². The summed E-state index contributed by atoms with van der Waals surface area (Å²) in [6.07, 6.45) is 5.74. The van der Waals surface area contributed by atoms with Crippen molar-refractivity contribution in [1.29, 1.82) is 0 Å². The fourth-order valence-corrected chi connectivity index (χ4v) is 4.67. The maximum absolute atomic E-state index is 12.7. The second-order valence-corrected chi connectivity index (χ2v) is 7.90. The van der Waals surface area contributed by atoms with E-state index in [1.807, 2.05) is 36.4 Å². The summed E-state index contributed by atoms with van der Waals surface area (Å²) in [6.45, 7) is 0. The first-order valence-corrected chi connectivity index (χ1v) is 10.1. The molecular weight excluding hydrogens is 346 g/mol. The Hall–Kier alpha value is -2.88. The van der Waals surface area contributed by atoms with Crippen molar-refractivity contribution in [2.24, 2.45) is 11.1 Å². The number of benzene rings is 2. The van der Waals surface area contributed by atoms with E-state index < -0.39 is 5.41 Å². The van der Waals surface area contributed by atoms with Gasteiger partial charge in [0.2, 0.25) is 5.91 Å². The Balaban J connectivity index is 1.75. The predicted molar refractivity (Wildman–Crippen MR) is 112 cm³/mol. The Bertz CT molecular complexity index is 911. The van der Waals surface area contributed by atoms with Crippen LogP contribution in [0.1, 0.15) is 49.3 Å². The van der Waals surface area contributed by atoms with Gasteiger partial charge in [-0.2, -0.15) is 5.10 Å². The Morgan fingerprint density at radius 2 is 1.64 bits per heavy atom. The Labute approximate surface area is 166 Å². The smallest absolute Gasteiger partial charge is 0.224 e. The molecule has 0 saturated heterocycles. The van der Waals surface area contributed by atoms with E-state index in [0.717, 1.165) is 49.1 Å². The zero-order valence-electron chi connectivity index (χ0n) is 16.1. The van der Waals surface area contributed by atoms with Crippen LogP contribution in [0.3, 0.4) is 0 Å². The van der Waals surface area contributed by atoms with Crippen LogP contribution < -0.4 is 5.73 Å². The normalized spacial score (nSPS) is 17.1. The number of aromatic nitrogens is 2. The maximum atomic E-state index is 12.7. The second-order valence-electron chi connectivity index (χ2n) is 7.90. The average molecular weight is 374 g/mol. The SMILES string of the molecule is NC(=O)C1([C@H](Cc2ccccc2)c2cc(-c3ccccc3)n[nH]2)CCCCC1. The first kappa shape index (κ1) is 18.5. The van der Waals surface area contributed by atoms with Gasteiger partial charge in [-0.25, -0.2) is 0 Å². The molecule has 1 saturated carbocycles. The van der Waals surface area contributed by atoms with Crippen molar-refractivity contribution in [3.05, 3.63) is 78.0 Å². The van der Waals surface area contributed by atoms with Crippen molar-refractivity contribution in [1.82, 2.24) is 10.2 Å². The van der Waals surface area contributed by atoms with E-state index in [9.17, 15) is 4.79 Å². The van der Waals surface area contributed by atoms with E-state index in [0.29, 0.717) is 0 Å². The summed E-state index contributed by atoms with van der Waals surface area (Å²) < 4.78 is 0. The van der Waals surface area contributed by atoms with Crippen LogP contribution in [-0.2, 0) is 11.2 Å². The number of hydrogen-bond donors (Lipinski definition) is 2. The summed E-state index contributed by atoms with van der Waals surface area (Å²) in [4.78, 5) is 12.7. The van der Waals surface area contributed by atoms with Crippen molar-refractivity contribution in [3.8, 4) is 11.3 Å². The van der Waals surface area contributed by atoms with Gasteiger partial charge in [0.15, 0.2) is 0 Å². The lowest BCUT2D eigenvalue weighted by Gasteiger charge is -2.40. The van der Waals surface area contributed by atoms with Gasteiger partial charge in [0.05, 0.1) is 11.1 Å². The highest BCUT2D eigenvalue weighted by Gasteiger charge is 2.46. The minimum atomic E-state index is -0.519. The Morgan fingerprint density at radius 3 is 2.29 bits per heavy atom. The topological polar surface area (TPSA) is 71.8 Å². The van der Waals surface area contributed by atoms with Crippen molar-refractivity contribution >= 4 is 5.91 Å². The van der Waals surface area contributed by atoms with Crippen LogP contribution in [0.5, 0.6) is 0 Å². The summed E-state index contributed by atoms with van der Waals surface area (Å²) in [5.74, 6) is -0.179. The van der Waals surface area contributed by atoms with E-state index in [1.54, 1.807) is 0 Å². The first-order valence-electron chi connectivity index (χ1n) is 10.1. The number of H-pyrrole nitrogens is 1. The minimum absolute atomic E-state index is 0.00216. The van der Waals surface area contributed by atoms with Crippen LogP contribution in [0, 0.1) is 5.41 Å². The molecule has 4 rings (SSSR count). The third-order valence-electron chi connectivity index (χ3n) is 6.23. The molecule has 3 aromatic rings. The molecule has 144 valence electrons. The molecule has 2 aromatic carbocycles. The van der Waals surface area contributed by atoms with Crippen LogP contribution in [0.4, 0.5) is 0 Å². The number of nitrogens with one attached hydrogen (secondary N) is 1. The van der Waals surface area contributed by atoms with Crippen molar-refractivity contribution < 1.29 is 4.79 Å². The van der Waals surface area contributed by atoms with Gasteiger partial charge in [0.1, 0.15) is 0 Å². The molecule has 4 nitrogen and oxygen atoms in total. The van der Waals surface area contributed by atoms with Gasteiger partial charge >= 0.3 is 0 Å². The molecule has 4 heteroatoms. The average Bonchev–Trinajstić information content (AvgIpc) is 3.24. The highest BCUT2D eigenvalue weighted by Crippen LogP contribution is 2.48. The van der Waals surface area contributed by atoms with Crippen LogP contribution in [-0.4, -0.2) is 16.1 Å². The summed E-state index contributed by atoms with van der Waals surface area (Å²) in [6, 6.07) is 22.6. The van der Waals surface area contributed by atoms with Gasteiger partial charge in [-0.05, 0) is 30.9 Å². The molecule has 1 aromatic heterocycles. The second kappa shape index (κ2) is 8.01. The zero-order chi connectivity index (χ0) is 19.4. The van der Waals surface area contributed by atoms with Crippen LogP contribution >= 0.6 is 0 Å². The standard InChI is InChI=1S/C24H27N3O/c25-23(28)24(14-8-3-9-15-24)20(16-18-10-4-1-5-11-18)22-17-21(26-27-22)19-12-6-2-7-13-19/h1-2,4-7,10-13,17,20H,3,8-9,14-16H2,(H2,25,28)(H,26,27)/t20-/m1/s1. The molecule has 0 aliphatic heterocycles. The fraction of sp³-hybridized carbons (Fsp3) is 0.333. The Morgan fingerprint density at radius 1 is 1.00 bits per heavy atom. The number of nitrogens with zero attached hydrogens (tertiary/aromatic N) is 1. The number of carbonyl (C=O) groups is 1. The number of aromatic amines is 1. The predicted octanol–water partition coefficient (Wildman–Crippen LogP) is 4.84. The van der Waals surface area contributed by atoms with Gasteiger partial charge in [0.25, 0.3) is 0 Å². The molecule has 1 atom stereocenters. The molecule has 1 aliphatic carbocycles. The quantitative estimate of drug-likeness (QED) is 0.649. The summed E-state index contributed by atoms with van der Waals surface area (Å²) in [5, 5.41) is 7.80. The van der Waals surface area contributed by atoms with E-state index in [4.69, 9.17) is 5.73 Å². The molecule has 1 heterocycles. The summed E-state index contributed by atoms with van der Waals surface area (Å²) >= 11 is 0. The molecule has 0 radical (unpaired) electrons. The molecule has 1 aliphatic rings. The lowest BCUT2D eigenvalue weighted by atomic mass is 9.62. The minimum Gasteiger partial charge on any atom is -0.369 e. The number of amides is 1. The number of nitrogens with two attached hydrogens (primary N) is 1. The van der Waals surface area contributed by atoms with Crippen LogP contribution in [0.2, 0.25) is 0 Å². The number of carbonyl (C=O) groups excluding carboxylic acids is 1. The molecule has 28 heavy (non-hydrogen) atoms. The monoisotopic (exact) mass is 373 g/mol. The largest absolute Gasteiger partial charge is 0.369 e. The van der Waals surface area contributed by atoms with Crippen LogP contribution in [0.25, 0.3) is 11.3 Å². The zero-order valence-corrected chi connectivity index (χ0v) is 16.1. The van der Waals surface area contributed by atoms with Crippen molar-refractivity contribution in [2.45, 2.75) is 44.4 Å². The molecular formula is C24H27N3O. The third kappa shape index (κ3) is 3.59. The number of primary amides is 1. The van der Waals surface area contributed by atoms with Gasteiger partial charge in [-0.3, -0.25) is 9.89 Å². The summed E-state index contributed by atoms with van der Waals surface area (Å²) in [7, 11) is 0. The molecule has 0 spiro atoms. The highest BCUT2D eigenvalue weighted by atomic mass is 16.1. The number of hydrogen-bond acceptors (Lipinski definition) is 2.